The first-order valence-electron chi connectivity index (χ1n) is 10.7. The van der Waals surface area contributed by atoms with E-state index in [0.717, 1.165) is 24.8 Å². The van der Waals surface area contributed by atoms with Crippen LogP contribution in [0.2, 0.25) is 0 Å². The number of ether oxygens (including phenoxy) is 2. The molecule has 33 heavy (non-hydrogen) atoms. The number of rotatable bonds is 5. The third-order valence-electron chi connectivity index (χ3n) is 5.86. The molecule has 0 aliphatic carbocycles. The number of amides is 1. The highest BCUT2D eigenvalue weighted by Gasteiger charge is 2.31. The summed E-state index contributed by atoms with van der Waals surface area (Å²) in [4.78, 5) is 17.4. The van der Waals surface area contributed by atoms with Gasteiger partial charge < -0.3 is 9.47 Å². The van der Waals surface area contributed by atoms with Gasteiger partial charge in [0, 0.05) is 29.1 Å². The van der Waals surface area contributed by atoms with Gasteiger partial charge in [0.1, 0.15) is 0 Å². The zero-order valence-electron chi connectivity index (χ0n) is 18.0. The van der Waals surface area contributed by atoms with Crippen molar-refractivity contribution in [2.75, 3.05) is 18.7 Å². The zero-order chi connectivity index (χ0) is 23.0. The molecule has 1 amide bonds. The fraction of sp³-hybridized carbons (Fsp3) is 0.304. The number of thiazole rings is 1. The van der Waals surface area contributed by atoms with Crippen molar-refractivity contribution < 1.29 is 22.7 Å². The van der Waals surface area contributed by atoms with Crippen molar-refractivity contribution in [3.63, 3.8) is 0 Å². The minimum atomic E-state index is -3.57. The maximum absolute atomic E-state index is 13.0. The van der Waals surface area contributed by atoms with Gasteiger partial charge in [0.15, 0.2) is 16.6 Å². The summed E-state index contributed by atoms with van der Waals surface area (Å²) in [5, 5.41) is 5.08. The highest BCUT2D eigenvalue weighted by Crippen LogP contribution is 2.36. The first-order chi connectivity index (χ1) is 15.9. The minimum absolute atomic E-state index is 0.0180. The summed E-state index contributed by atoms with van der Waals surface area (Å²) in [5.74, 6) is 1.01. The Hall–Kier alpha value is -2.95. The van der Waals surface area contributed by atoms with Gasteiger partial charge in [0.25, 0.3) is 5.91 Å². The number of piperidine rings is 1. The average Bonchev–Trinajstić information content (AvgIpc) is 3.48. The van der Waals surface area contributed by atoms with Crippen LogP contribution in [0.1, 0.15) is 36.5 Å². The van der Waals surface area contributed by atoms with E-state index in [4.69, 9.17) is 9.47 Å². The van der Waals surface area contributed by atoms with E-state index in [-0.39, 0.29) is 23.6 Å². The van der Waals surface area contributed by atoms with Gasteiger partial charge >= 0.3 is 0 Å². The Morgan fingerprint density at radius 2 is 1.91 bits per heavy atom. The molecule has 1 saturated heterocycles. The second-order valence-corrected chi connectivity index (χ2v) is 10.8. The first-order valence-corrected chi connectivity index (χ1v) is 13.0. The van der Waals surface area contributed by atoms with E-state index < -0.39 is 10.0 Å². The van der Waals surface area contributed by atoms with Crippen molar-refractivity contribution in [3.8, 4) is 22.8 Å². The van der Waals surface area contributed by atoms with E-state index in [1.165, 1.54) is 35.6 Å². The van der Waals surface area contributed by atoms with Crippen LogP contribution in [-0.2, 0) is 10.0 Å². The quantitative estimate of drug-likeness (QED) is 0.577. The van der Waals surface area contributed by atoms with Crippen LogP contribution in [0.25, 0.3) is 11.3 Å². The average molecular weight is 486 g/mol. The van der Waals surface area contributed by atoms with Gasteiger partial charge in [-0.25, -0.2) is 13.4 Å². The number of benzene rings is 2. The van der Waals surface area contributed by atoms with Gasteiger partial charge in [-0.3, -0.25) is 10.1 Å². The summed E-state index contributed by atoms with van der Waals surface area (Å²) in [5.41, 5.74) is 1.93. The maximum atomic E-state index is 13.0. The number of anilines is 1. The molecule has 1 atom stereocenters. The van der Waals surface area contributed by atoms with Crippen molar-refractivity contribution in [2.45, 2.75) is 37.1 Å². The number of carbonyl (C=O) groups excluding carboxylic acids is 1. The van der Waals surface area contributed by atoms with Crippen LogP contribution < -0.4 is 14.8 Å². The van der Waals surface area contributed by atoms with Gasteiger partial charge in [0.2, 0.25) is 16.8 Å². The topological polar surface area (TPSA) is 97.8 Å². The third kappa shape index (κ3) is 4.33. The van der Waals surface area contributed by atoms with Crippen LogP contribution in [0.4, 0.5) is 5.13 Å². The standard InChI is InChI=1S/C23H23N3O5S2/c1-15-4-2-3-11-26(15)33(28,29)18-8-5-16(6-9-18)22(27)25-23-24-19(13-32-23)17-7-10-20-21(12-17)31-14-30-20/h5-10,12-13,15H,2-4,11,14H2,1H3,(H,24,25,27)/t15-/m0/s1. The molecule has 0 unspecified atom stereocenters. The first kappa shape index (κ1) is 21.9. The van der Waals surface area contributed by atoms with Gasteiger partial charge in [-0.05, 0) is 62.2 Å². The number of nitrogens with one attached hydrogen (secondary N) is 1. The van der Waals surface area contributed by atoms with Crippen molar-refractivity contribution >= 4 is 32.4 Å². The summed E-state index contributed by atoms with van der Waals surface area (Å²) < 4.78 is 38.2. The van der Waals surface area contributed by atoms with E-state index in [9.17, 15) is 13.2 Å². The number of hydrogen-bond acceptors (Lipinski definition) is 7. The largest absolute Gasteiger partial charge is 0.454 e. The van der Waals surface area contributed by atoms with Crippen LogP contribution >= 0.6 is 11.3 Å². The molecule has 3 aromatic rings. The van der Waals surface area contributed by atoms with Crippen LogP contribution in [0.3, 0.4) is 0 Å². The molecule has 2 aliphatic heterocycles. The van der Waals surface area contributed by atoms with E-state index in [2.05, 4.69) is 10.3 Å². The molecule has 172 valence electrons. The molecule has 1 aromatic heterocycles. The Morgan fingerprint density at radius 1 is 1.12 bits per heavy atom. The highest BCUT2D eigenvalue weighted by molar-refractivity contribution is 7.89. The Labute approximate surface area is 196 Å². The van der Waals surface area contributed by atoms with Crippen molar-refractivity contribution in [1.29, 1.82) is 0 Å². The van der Waals surface area contributed by atoms with Crippen LogP contribution in [-0.4, -0.2) is 43.0 Å². The van der Waals surface area contributed by atoms with Crippen molar-refractivity contribution in [1.82, 2.24) is 9.29 Å². The third-order valence-corrected chi connectivity index (χ3v) is 8.64. The van der Waals surface area contributed by atoms with Gasteiger partial charge in [-0.2, -0.15) is 4.31 Å². The Kier molecular flexibility index (Phi) is 5.81. The molecule has 8 nitrogen and oxygen atoms in total. The molecule has 0 saturated carbocycles. The second-order valence-electron chi connectivity index (χ2n) is 8.04. The molecule has 10 heteroatoms. The van der Waals surface area contributed by atoms with Gasteiger partial charge in [-0.15, -0.1) is 11.3 Å². The monoisotopic (exact) mass is 485 g/mol. The van der Waals surface area contributed by atoms with Crippen LogP contribution in [0, 0.1) is 0 Å². The maximum Gasteiger partial charge on any atom is 0.257 e. The number of carbonyl (C=O) groups is 1. The fourth-order valence-corrected chi connectivity index (χ4v) is 6.45. The fourth-order valence-electron chi connectivity index (χ4n) is 4.03. The molecular formula is C23H23N3O5S2. The lowest BCUT2D eigenvalue weighted by Gasteiger charge is -2.32. The molecule has 1 fully saturated rings. The molecule has 5 rings (SSSR count). The molecule has 3 heterocycles. The number of aromatic nitrogens is 1. The van der Waals surface area contributed by atoms with Crippen molar-refractivity contribution in [2.24, 2.45) is 0 Å². The lowest BCUT2D eigenvalue weighted by atomic mass is 10.1. The van der Waals surface area contributed by atoms with E-state index >= 15 is 0 Å². The molecule has 2 aliphatic rings. The highest BCUT2D eigenvalue weighted by atomic mass is 32.2. The predicted octanol–water partition coefficient (Wildman–Crippen LogP) is 4.35. The van der Waals surface area contributed by atoms with Crippen LogP contribution in [0.5, 0.6) is 11.5 Å². The molecule has 2 aromatic carbocycles. The normalized spacial score (nSPS) is 18.3. The van der Waals surface area contributed by atoms with Crippen molar-refractivity contribution in [3.05, 3.63) is 53.4 Å². The predicted molar refractivity (Wildman–Crippen MR) is 125 cm³/mol. The van der Waals surface area contributed by atoms with Gasteiger partial charge in [-0.1, -0.05) is 6.42 Å². The number of nitrogens with zero attached hydrogens (tertiary/aromatic N) is 2. The molecule has 0 bridgehead atoms. The van der Waals surface area contributed by atoms with Crippen LogP contribution in [0.15, 0.2) is 52.7 Å². The van der Waals surface area contributed by atoms with E-state index in [0.29, 0.717) is 34.4 Å². The Bertz CT molecular complexity index is 1290. The summed E-state index contributed by atoms with van der Waals surface area (Å²) in [6, 6.07) is 11.6. The number of sulfonamides is 1. The summed E-state index contributed by atoms with van der Waals surface area (Å²) in [6.07, 6.45) is 2.77. The SMILES string of the molecule is C[C@H]1CCCCN1S(=O)(=O)c1ccc(C(=O)Nc2nc(-c3ccc4c(c3)OCO4)cs2)cc1. The summed E-state index contributed by atoms with van der Waals surface area (Å²) in [7, 11) is -3.57. The smallest absolute Gasteiger partial charge is 0.257 e. The zero-order valence-corrected chi connectivity index (χ0v) is 19.6. The molecule has 0 spiro atoms. The molecule has 1 N–H and O–H groups in total. The van der Waals surface area contributed by atoms with E-state index in [1.807, 2.05) is 30.5 Å². The second kappa shape index (κ2) is 8.77. The summed E-state index contributed by atoms with van der Waals surface area (Å²) in [6.45, 7) is 2.67. The molecule has 0 radical (unpaired) electrons. The Morgan fingerprint density at radius 3 is 2.70 bits per heavy atom. The number of hydrogen-bond donors (Lipinski definition) is 1. The lowest BCUT2D eigenvalue weighted by molar-refractivity contribution is 0.102. The van der Waals surface area contributed by atoms with Gasteiger partial charge in [0.05, 0.1) is 10.6 Å². The van der Waals surface area contributed by atoms with E-state index in [1.54, 1.807) is 4.31 Å². The summed E-state index contributed by atoms with van der Waals surface area (Å²) >= 11 is 1.31. The number of fused-ring (bicyclic) bond motifs is 1. The Balaban J connectivity index is 1.28. The minimum Gasteiger partial charge on any atom is -0.454 e. The molecular weight excluding hydrogens is 462 g/mol. The lowest BCUT2D eigenvalue weighted by Crippen LogP contribution is -2.41.